The minimum Gasteiger partial charge on any atom is -0.380 e. The number of aliphatic hydroxyl groups is 2. The Kier molecular flexibility index (Phi) is 5.16. The predicted molar refractivity (Wildman–Crippen MR) is 96.2 cm³/mol. The van der Waals surface area contributed by atoms with E-state index in [9.17, 15) is 15.5 Å². The number of ether oxygens (including phenoxy) is 1. The molecule has 3 rings (SSSR count). The minimum absolute atomic E-state index is 0.435. The first-order valence-corrected chi connectivity index (χ1v) is 8.81. The highest BCUT2D eigenvalue weighted by Crippen LogP contribution is 2.33. The molecule has 0 spiro atoms. The average molecular weight is 357 g/mol. The van der Waals surface area contributed by atoms with Crippen LogP contribution in [0.2, 0.25) is 0 Å². The lowest BCUT2D eigenvalue weighted by Gasteiger charge is -2.05. The number of aromatic nitrogens is 2. The van der Waals surface area contributed by atoms with E-state index in [1.807, 2.05) is 35.9 Å². The molecule has 0 aliphatic heterocycles. The van der Waals surface area contributed by atoms with Crippen molar-refractivity contribution in [3.63, 3.8) is 0 Å². The van der Waals surface area contributed by atoms with Gasteiger partial charge in [0.15, 0.2) is 6.29 Å². The maximum absolute atomic E-state index is 9.43. The SMILES string of the molecule is CCOCCn1cc(C#N)c2cc(-c3nc(C)c(C(O)O)s3)ccc21. The standard InChI is InChI=1S/C18H19N3O3S/c1-3-24-7-6-21-10-13(9-19)14-8-12(4-5-15(14)21)17-20-11(2)16(25-17)18(22)23/h4-5,8,10,18,22-23H,3,6-7H2,1-2H3. The lowest BCUT2D eigenvalue weighted by atomic mass is 10.1. The Labute approximate surface area is 149 Å². The van der Waals surface area contributed by atoms with Crippen LogP contribution in [0, 0.1) is 18.3 Å². The summed E-state index contributed by atoms with van der Waals surface area (Å²) in [5.74, 6) is 0. The van der Waals surface area contributed by atoms with E-state index in [1.165, 1.54) is 11.3 Å². The van der Waals surface area contributed by atoms with Gasteiger partial charge in [-0.05, 0) is 32.0 Å². The number of rotatable bonds is 6. The Hall–Kier alpha value is -2.24. The largest absolute Gasteiger partial charge is 0.380 e. The van der Waals surface area contributed by atoms with Gasteiger partial charge in [0.1, 0.15) is 11.1 Å². The highest BCUT2D eigenvalue weighted by atomic mass is 32.1. The van der Waals surface area contributed by atoms with Gasteiger partial charge in [0.25, 0.3) is 0 Å². The van der Waals surface area contributed by atoms with Crippen molar-refractivity contribution in [3.05, 3.63) is 40.5 Å². The highest BCUT2D eigenvalue weighted by molar-refractivity contribution is 7.15. The lowest BCUT2D eigenvalue weighted by molar-refractivity contribution is -0.0401. The third-order valence-electron chi connectivity index (χ3n) is 4.00. The van der Waals surface area contributed by atoms with Gasteiger partial charge in [-0.25, -0.2) is 4.98 Å². The van der Waals surface area contributed by atoms with Crippen molar-refractivity contribution in [2.24, 2.45) is 0 Å². The Morgan fingerprint density at radius 3 is 2.84 bits per heavy atom. The van der Waals surface area contributed by atoms with Crippen LogP contribution in [0.1, 0.15) is 29.3 Å². The van der Waals surface area contributed by atoms with Crippen LogP contribution >= 0.6 is 11.3 Å². The van der Waals surface area contributed by atoms with E-state index in [-0.39, 0.29) is 0 Å². The summed E-state index contributed by atoms with van der Waals surface area (Å²) < 4.78 is 7.42. The molecule has 0 fully saturated rings. The van der Waals surface area contributed by atoms with E-state index in [0.29, 0.717) is 40.9 Å². The van der Waals surface area contributed by atoms with E-state index >= 15 is 0 Å². The van der Waals surface area contributed by atoms with Gasteiger partial charge in [0.05, 0.1) is 22.7 Å². The fourth-order valence-electron chi connectivity index (χ4n) is 2.78. The number of nitriles is 1. The molecule has 2 heterocycles. The number of nitrogens with zero attached hydrogens (tertiary/aromatic N) is 3. The van der Waals surface area contributed by atoms with Crippen LogP contribution in [0.4, 0.5) is 0 Å². The molecular weight excluding hydrogens is 338 g/mol. The van der Waals surface area contributed by atoms with Crippen molar-refractivity contribution in [2.75, 3.05) is 13.2 Å². The second-order valence-electron chi connectivity index (χ2n) is 5.62. The van der Waals surface area contributed by atoms with Crippen molar-refractivity contribution >= 4 is 22.2 Å². The molecule has 0 saturated carbocycles. The van der Waals surface area contributed by atoms with Crippen LogP contribution in [-0.4, -0.2) is 33.0 Å². The monoisotopic (exact) mass is 357 g/mol. The molecule has 6 nitrogen and oxygen atoms in total. The molecule has 0 amide bonds. The van der Waals surface area contributed by atoms with Crippen molar-refractivity contribution < 1.29 is 14.9 Å². The van der Waals surface area contributed by atoms with Crippen LogP contribution in [0.25, 0.3) is 21.5 Å². The normalized spacial score (nSPS) is 11.4. The van der Waals surface area contributed by atoms with Gasteiger partial charge in [-0.15, -0.1) is 11.3 Å². The zero-order chi connectivity index (χ0) is 18.0. The second kappa shape index (κ2) is 7.33. The summed E-state index contributed by atoms with van der Waals surface area (Å²) in [7, 11) is 0. The Balaban J connectivity index is 2.02. The molecule has 2 N–H and O–H groups in total. The van der Waals surface area contributed by atoms with Crippen molar-refractivity contribution in [1.29, 1.82) is 5.26 Å². The molecule has 25 heavy (non-hydrogen) atoms. The summed E-state index contributed by atoms with van der Waals surface area (Å²) in [4.78, 5) is 4.86. The summed E-state index contributed by atoms with van der Waals surface area (Å²) in [5.41, 5.74) is 3.02. The average Bonchev–Trinajstić information content (AvgIpc) is 3.15. The van der Waals surface area contributed by atoms with E-state index < -0.39 is 6.29 Å². The molecule has 0 unspecified atom stereocenters. The van der Waals surface area contributed by atoms with E-state index in [4.69, 9.17) is 4.74 Å². The minimum atomic E-state index is -1.52. The first kappa shape index (κ1) is 17.6. The molecule has 0 radical (unpaired) electrons. The fourth-order valence-corrected chi connectivity index (χ4v) is 3.72. The predicted octanol–water partition coefficient (Wildman–Crippen LogP) is 2.96. The molecule has 0 aliphatic carbocycles. The summed E-state index contributed by atoms with van der Waals surface area (Å²) >= 11 is 1.25. The fraction of sp³-hybridized carbons (Fsp3) is 0.333. The second-order valence-corrected chi connectivity index (χ2v) is 6.65. The number of fused-ring (bicyclic) bond motifs is 1. The number of hydrogen-bond donors (Lipinski definition) is 2. The van der Waals surface area contributed by atoms with Gasteiger partial charge in [0.2, 0.25) is 0 Å². The number of benzene rings is 1. The van der Waals surface area contributed by atoms with Gasteiger partial charge in [-0.3, -0.25) is 0 Å². The molecule has 0 atom stereocenters. The zero-order valence-corrected chi connectivity index (χ0v) is 14.9. The van der Waals surface area contributed by atoms with Gasteiger partial charge >= 0.3 is 0 Å². The molecule has 0 aliphatic rings. The summed E-state index contributed by atoms with van der Waals surface area (Å²) in [5, 5.41) is 29.8. The smallest absolute Gasteiger partial charge is 0.189 e. The van der Waals surface area contributed by atoms with Crippen LogP contribution in [0.15, 0.2) is 24.4 Å². The van der Waals surface area contributed by atoms with Crippen LogP contribution in [0.3, 0.4) is 0 Å². The summed E-state index contributed by atoms with van der Waals surface area (Å²) in [6, 6.07) is 8.06. The molecular formula is C18H19N3O3S. The van der Waals surface area contributed by atoms with E-state index in [2.05, 4.69) is 11.1 Å². The van der Waals surface area contributed by atoms with Crippen molar-refractivity contribution in [3.8, 4) is 16.6 Å². The molecule has 7 heteroatoms. The molecule has 2 aromatic heterocycles. The Morgan fingerprint density at radius 1 is 1.40 bits per heavy atom. The van der Waals surface area contributed by atoms with Crippen LogP contribution < -0.4 is 0 Å². The molecule has 1 aromatic carbocycles. The van der Waals surface area contributed by atoms with Crippen LogP contribution in [-0.2, 0) is 11.3 Å². The first-order chi connectivity index (χ1) is 12.0. The number of aliphatic hydroxyl groups excluding tert-OH is 1. The molecule has 0 bridgehead atoms. The van der Waals surface area contributed by atoms with Crippen molar-refractivity contribution in [1.82, 2.24) is 9.55 Å². The maximum Gasteiger partial charge on any atom is 0.189 e. The quantitative estimate of drug-likeness (QED) is 0.523. The van der Waals surface area contributed by atoms with Gasteiger partial charge in [-0.2, -0.15) is 5.26 Å². The first-order valence-electron chi connectivity index (χ1n) is 7.99. The molecule has 130 valence electrons. The number of hydrogen-bond acceptors (Lipinski definition) is 6. The van der Waals surface area contributed by atoms with E-state index in [0.717, 1.165) is 16.5 Å². The van der Waals surface area contributed by atoms with E-state index in [1.54, 1.807) is 6.92 Å². The molecule has 0 saturated heterocycles. The Morgan fingerprint density at radius 2 is 2.20 bits per heavy atom. The third-order valence-corrected chi connectivity index (χ3v) is 5.24. The summed E-state index contributed by atoms with van der Waals surface area (Å²) in [6.45, 7) is 5.64. The summed E-state index contributed by atoms with van der Waals surface area (Å²) in [6.07, 6.45) is 0.313. The maximum atomic E-state index is 9.43. The van der Waals surface area contributed by atoms with Crippen LogP contribution in [0.5, 0.6) is 0 Å². The third kappa shape index (κ3) is 3.43. The zero-order valence-electron chi connectivity index (χ0n) is 14.1. The topological polar surface area (TPSA) is 91.3 Å². The Bertz CT molecular complexity index is 937. The lowest BCUT2D eigenvalue weighted by Crippen LogP contribution is -2.04. The molecule has 3 aromatic rings. The van der Waals surface area contributed by atoms with Gasteiger partial charge < -0.3 is 19.5 Å². The van der Waals surface area contributed by atoms with Gasteiger partial charge in [-0.1, -0.05) is 0 Å². The number of thiazole rings is 1. The van der Waals surface area contributed by atoms with Crippen molar-refractivity contribution in [2.45, 2.75) is 26.7 Å². The van der Waals surface area contributed by atoms with Gasteiger partial charge in [0, 0.05) is 35.8 Å². The highest BCUT2D eigenvalue weighted by Gasteiger charge is 2.16. The number of aryl methyl sites for hydroxylation is 1.